The summed E-state index contributed by atoms with van der Waals surface area (Å²) in [4.78, 5) is 14.4. The average molecular weight is 392 g/mol. The van der Waals surface area contributed by atoms with Crippen molar-refractivity contribution in [3.8, 4) is 11.5 Å². The molecule has 0 saturated carbocycles. The molecule has 5 nitrogen and oxygen atoms in total. The number of benzene rings is 3. The molecule has 6 heteroatoms. The van der Waals surface area contributed by atoms with Crippen LogP contribution < -0.4 is 19.7 Å². The van der Waals surface area contributed by atoms with Crippen LogP contribution in [0.15, 0.2) is 72.8 Å². The molecule has 4 rings (SSSR count). The molecule has 1 heterocycles. The summed E-state index contributed by atoms with van der Waals surface area (Å²) in [6, 6.07) is 20.4. The summed E-state index contributed by atoms with van der Waals surface area (Å²) in [5.41, 5.74) is 2.10. The first-order valence-corrected chi connectivity index (χ1v) is 9.35. The van der Waals surface area contributed by atoms with Crippen molar-refractivity contribution in [2.45, 2.75) is 6.10 Å². The topological polar surface area (TPSA) is 50.8 Å². The molecule has 0 radical (unpaired) electrons. The lowest BCUT2D eigenvalue weighted by Gasteiger charge is -2.33. The maximum atomic E-state index is 13.0. The van der Waals surface area contributed by atoms with Gasteiger partial charge in [-0.05, 0) is 60.7 Å². The van der Waals surface area contributed by atoms with Gasteiger partial charge in [0.05, 0.1) is 12.2 Å². The summed E-state index contributed by atoms with van der Waals surface area (Å²) >= 11 is 0. The van der Waals surface area contributed by atoms with Crippen molar-refractivity contribution >= 4 is 17.3 Å². The van der Waals surface area contributed by atoms with Crippen molar-refractivity contribution in [3.63, 3.8) is 0 Å². The van der Waals surface area contributed by atoms with E-state index in [9.17, 15) is 9.18 Å². The Balaban J connectivity index is 1.33. The van der Waals surface area contributed by atoms with Crippen LogP contribution in [0.2, 0.25) is 0 Å². The van der Waals surface area contributed by atoms with Gasteiger partial charge < -0.3 is 19.7 Å². The number of hydrogen-bond donors (Lipinski definition) is 1. The zero-order valence-electron chi connectivity index (χ0n) is 16.0. The zero-order chi connectivity index (χ0) is 20.2. The number of para-hydroxylation sites is 2. The van der Waals surface area contributed by atoms with Gasteiger partial charge in [-0.15, -0.1) is 0 Å². The standard InChI is InChI=1S/C23H21FN2O3/c1-26-14-20(29-22-5-3-2-4-21(22)26)15-28-19-12-6-16(7-13-19)23(27)25-18-10-8-17(24)9-11-18/h2-13,20H,14-15H2,1H3,(H,25,27)/t20-/m0/s1. The molecule has 1 aliphatic heterocycles. The maximum Gasteiger partial charge on any atom is 0.255 e. The number of anilines is 2. The highest BCUT2D eigenvalue weighted by atomic mass is 19.1. The predicted molar refractivity (Wildman–Crippen MR) is 110 cm³/mol. The number of amides is 1. The Labute approximate surface area is 168 Å². The number of carbonyl (C=O) groups is 1. The average Bonchev–Trinajstić information content (AvgIpc) is 2.74. The van der Waals surface area contributed by atoms with E-state index in [4.69, 9.17) is 9.47 Å². The monoisotopic (exact) mass is 392 g/mol. The highest BCUT2D eigenvalue weighted by Crippen LogP contribution is 2.32. The fourth-order valence-corrected chi connectivity index (χ4v) is 3.21. The van der Waals surface area contributed by atoms with Crippen LogP contribution in [0.4, 0.5) is 15.8 Å². The number of hydrogen-bond acceptors (Lipinski definition) is 4. The van der Waals surface area contributed by atoms with E-state index >= 15 is 0 Å². The van der Waals surface area contributed by atoms with Gasteiger partial charge in [-0.25, -0.2) is 4.39 Å². The lowest BCUT2D eigenvalue weighted by Crippen LogP contribution is -2.41. The molecule has 0 fully saturated rings. The molecule has 1 N–H and O–H groups in total. The molecule has 0 bridgehead atoms. The molecule has 1 aliphatic rings. The number of halogens is 1. The van der Waals surface area contributed by atoms with Crippen molar-refractivity contribution < 1.29 is 18.7 Å². The fourth-order valence-electron chi connectivity index (χ4n) is 3.21. The van der Waals surface area contributed by atoms with Gasteiger partial charge in [-0.2, -0.15) is 0 Å². The number of likely N-dealkylation sites (N-methyl/N-ethyl adjacent to an activating group) is 1. The summed E-state index contributed by atoms with van der Waals surface area (Å²) in [5.74, 6) is 0.897. The number of fused-ring (bicyclic) bond motifs is 1. The molecule has 29 heavy (non-hydrogen) atoms. The minimum absolute atomic E-state index is 0.0867. The first kappa shape index (κ1) is 18.8. The molecular formula is C23H21FN2O3. The summed E-state index contributed by atoms with van der Waals surface area (Å²) in [7, 11) is 2.03. The smallest absolute Gasteiger partial charge is 0.255 e. The molecule has 0 saturated heterocycles. The molecule has 148 valence electrons. The number of nitrogens with one attached hydrogen (secondary N) is 1. The van der Waals surface area contributed by atoms with Crippen LogP contribution in [0.1, 0.15) is 10.4 Å². The summed E-state index contributed by atoms with van der Waals surface area (Å²) in [6.45, 7) is 1.13. The predicted octanol–water partition coefficient (Wildman–Crippen LogP) is 4.35. The van der Waals surface area contributed by atoms with Crippen molar-refractivity contribution in [2.75, 3.05) is 30.4 Å². The van der Waals surface area contributed by atoms with Crippen molar-refractivity contribution in [1.29, 1.82) is 0 Å². The van der Waals surface area contributed by atoms with Gasteiger partial charge in [0.2, 0.25) is 0 Å². The lowest BCUT2D eigenvalue weighted by atomic mass is 10.2. The third kappa shape index (κ3) is 4.48. The largest absolute Gasteiger partial charge is 0.490 e. The Bertz CT molecular complexity index is 990. The van der Waals surface area contributed by atoms with E-state index in [0.29, 0.717) is 23.6 Å². The second kappa shape index (κ2) is 8.22. The molecule has 0 spiro atoms. The third-order valence-corrected chi connectivity index (χ3v) is 4.70. The van der Waals surface area contributed by atoms with Crippen LogP contribution in [0.3, 0.4) is 0 Å². The van der Waals surface area contributed by atoms with E-state index in [0.717, 1.165) is 18.0 Å². The zero-order valence-corrected chi connectivity index (χ0v) is 16.0. The fraction of sp³-hybridized carbons (Fsp3) is 0.174. The maximum absolute atomic E-state index is 13.0. The van der Waals surface area contributed by atoms with Gasteiger partial charge in [0, 0.05) is 18.3 Å². The number of rotatable bonds is 5. The number of ether oxygens (including phenoxy) is 2. The van der Waals surface area contributed by atoms with Gasteiger partial charge in [-0.3, -0.25) is 4.79 Å². The van der Waals surface area contributed by atoms with Crippen LogP contribution in [0.5, 0.6) is 11.5 Å². The highest BCUT2D eigenvalue weighted by molar-refractivity contribution is 6.04. The SMILES string of the molecule is CN1C[C@@H](COc2ccc(C(=O)Nc3ccc(F)cc3)cc2)Oc2ccccc21. The summed E-state index contributed by atoms with van der Waals surface area (Å²) in [5, 5.41) is 2.73. The van der Waals surface area contributed by atoms with E-state index in [1.807, 2.05) is 31.3 Å². The highest BCUT2D eigenvalue weighted by Gasteiger charge is 2.23. The number of nitrogens with zero attached hydrogens (tertiary/aromatic N) is 1. The molecule has 0 aromatic heterocycles. The Morgan fingerprint density at radius 2 is 1.83 bits per heavy atom. The van der Waals surface area contributed by atoms with E-state index in [1.165, 1.54) is 24.3 Å². The molecular weight excluding hydrogens is 371 g/mol. The lowest BCUT2D eigenvalue weighted by molar-refractivity contribution is 0.102. The Hall–Kier alpha value is -3.54. The van der Waals surface area contributed by atoms with Crippen LogP contribution >= 0.6 is 0 Å². The quantitative estimate of drug-likeness (QED) is 0.701. The van der Waals surface area contributed by atoms with Crippen molar-refractivity contribution in [1.82, 2.24) is 0 Å². The molecule has 1 atom stereocenters. The second-order valence-electron chi connectivity index (χ2n) is 6.88. The molecule has 0 aliphatic carbocycles. The van der Waals surface area contributed by atoms with Gasteiger partial charge in [0.25, 0.3) is 5.91 Å². The van der Waals surface area contributed by atoms with E-state index < -0.39 is 0 Å². The van der Waals surface area contributed by atoms with Gasteiger partial charge in [-0.1, -0.05) is 12.1 Å². The van der Waals surface area contributed by atoms with Crippen LogP contribution in [-0.4, -0.2) is 32.2 Å². The molecule has 0 unspecified atom stereocenters. The third-order valence-electron chi connectivity index (χ3n) is 4.70. The Kier molecular flexibility index (Phi) is 5.33. The van der Waals surface area contributed by atoms with Crippen molar-refractivity contribution in [2.24, 2.45) is 0 Å². The van der Waals surface area contributed by atoms with Gasteiger partial charge in [0.15, 0.2) is 0 Å². The molecule has 3 aromatic rings. The Morgan fingerprint density at radius 3 is 2.59 bits per heavy atom. The van der Waals surface area contributed by atoms with E-state index in [2.05, 4.69) is 10.2 Å². The van der Waals surface area contributed by atoms with E-state index in [1.54, 1.807) is 24.3 Å². The molecule has 1 amide bonds. The van der Waals surface area contributed by atoms with Crippen molar-refractivity contribution in [3.05, 3.63) is 84.2 Å². The summed E-state index contributed by atoms with van der Waals surface area (Å²) in [6.07, 6.45) is -0.0867. The van der Waals surface area contributed by atoms with Crippen LogP contribution in [-0.2, 0) is 0 Å². The summed E-state index contributed by atoms with van der Waals surface area (Å²) < 4.78 is 24.8. The normalized spacial score (nSPS) is 15.2. The van der Waals surface area contributed by atoms with Crippen LogP contribution in [0, 0.1) is 5.82 Å². The molecule has 3 aromatic carbocycles. The van der Waals surface area contributed by atoms with E-state index in [-0.39, 0.29) is 17.8 Å². The first-order chi connectivity index (χ1) is 14.1. The van der Waals surface area contributed by atoms with Gasteiger partial charge >= 0.3 is 0 Å². The first-order valence-electron chi connectivity index (χ1n) is 9.35. The minimum Gasteiger partial charge on any atom is -0.490 e. The minimum atomic E-state index is -0.346. The second-order valence-corrected chi connectivity index (χ2v) is 6.88. The van der Waals surface area contributed by atoms with Gasteiger partial charge in [0.1, 0.15) is 30.0 Å². The van der Waals surface area contributed by atoms with Crippen LogP contribution in [0.25, 0.3) is 0 Å². The Morgan fingerprint density at radius 1 is 1.10 bits per heavy atom. The number of carbonyl (C=O) groups excluding carboxylic acids is 1.